The molecule has 0 spiro atoms. The number of H-pyrrole nitrogens is 2. The molecule has 6 heterocycles. The lowest BCUT2D eigenvalue weighted by Gasteiger charge is -2.38. The summed E-state index contributed by atoms with van der Waals surface area (Å²) in [5.41, 5.74) is 0.451. The second kappa shape index (κ2) is 26.1. The average Bonchev–Trinajstić information content (AvgIpc) is 1.70. The predicted octanol–water partition coefficient (Wildman–Crippen LogP) is 7.12. The highest BCUT2D eigenvalue weighted by molar-refractivity contribution is 6.03. The van der Waals surface area contributed by atoms with Gasteiger partial charge in [-0.15, -0.1) is 0 Å². The normalized spacial score (nSPS) is 18.5. The third-order valence-electron chi connectivity index (χ3n) is 18.1. The number of halogens is 6. The lowest BCUT2D eigenvalue weighted by atomic mass is 9.87. The number of aromatic amines is 2. The number of amides is 4. The van der Waals surface area contributed by atoms with Crippen molar-refractivity contribution in [2.45, 2.75) is 141 Å². The summed E-state index contributed by atoms with van der Waals surface area (Å²) < 4.78 is 92.5. The van der Waals surface area contributed by atoms with Gasteiger partial charge in [0, 0.05) is 83.5 Å². The third-order valence-corrected chi connectivity index (χ3v) is 18.1. The van der Waals surface area contributed by atoms with E-state index in [1.54, 1.807) is 70.1 Å². The SMILES string of the molecule is CC[C@H](NC)C(=O)N[C@H](C(=O)N1CC(C)(C)c2[nH]c(=O)c(Cc3ccc(F)cc3)cc21)C1CCN(Cc2c(F)c(F)c(CN3CCC([C@H](NC(=O)[C@H](CC)NC)C(=O)N4CC(C)(C)c5[nH]c(=O)c(Cc6ccc(F)cc6)cc54)CC3)c(F)c2F)CC1. The van der Waals surface area contributed by atoms with E-state index >= 15 is 17.6 Å². The van der Waals surface area contributed by atoms with Crippen LogP contribution in [0.15, 0.2) is 70.3 Å². The lowest BCUT2D eigenvalue weighted by Crippen LogP contribution is -2.57. The first kappa shape index (κ1) is 63.4. The topological polar surface area (TPSA) is 195 Å². The number of likely N-dealkylation sites (N-methyl/N-ethyl adjacent to an activating group) is 2. The van der Waals surface area contributed by atoms with E-state index in [1.165, 1.54) is 24.3 Å². The highest BCUT2D eigenvalue weighted by atomic mass is 19.2. The van der Waals surface area contributed by atoms with Crippen LogP contribution in [0.1, 0.15) is 125 Å². The molecule has 3 aromatic carbocycles. The van der Waals surface area contributed by atoms with Crippen molar-refractivity contribution in [2.75, 3.05) is 63.2 Å². The number of carbonyl (C=O) groups is 4. The van der Waals surface area contributed by atoms with Gasteiger partial charge in [0.1, 0.15) is 23.7 Å². The molecule has 6 N–H and O–H groups in total. The van der Waals surface area contributed by atoms with Gasteiger partial charge in [-0.25, -0.2) is 26.3 Å². The van der Waals surface area contributed by atoms with Crippen molar-refractivity contribution < 1.29 is 45.5 Å². The van der Waals surface area contributed by atoms with Gasteiger partial charge in [0.05, 0.1) is 23.5 Å². The van der Waals surface area contributed by atoms with E-state index in [9.17, 15) is 37.5 Å². The maximum absolute atomic E-state index is 16.2. The maximum Gasteiger partial charge on any atom is 0.251 e. The molecule has 4 aliphatic rings. The van der Waals surface area contributed by atoms with E-state index in [2.05, 4.69) is 31.2 Å². The number of fused-ring (bicyclic) bond motifs is 2. The van der Waals surface area contributed by atoms with Crippen LogP contribution in [0.25, 0.3) is 0 Å². The number of carbonyl (C=O) groups excluding carboxylic acids is 4. The van der Waals surface area contributed by atoms with E-state index in [1.807, 2.05) is 41.5 Å². The van der Waals surface area contributed by atoms with Crippen LogP contribution < -0.4 is 42.2 Å². The molecule has 0 unspecified atom stereocenters. The third kappa shape index (κ3) is 13.2. The molecule has 2 fully saturated rings. The molecule has 86 heavy (non-hydrogen) atoms. The summed E-state index contributed by atoms with van der Waals surface area (Å²) >= 11 is 0. The molecule has 22 heteroatoms. The van der Waals surface area contributed by atoms with Gasteiger partial charge in [-0.05, 0) is 138 Å². The van der Waals surface area contributed by atoms with Gasteiger partial charge in [0.15, 0.2) is 23.3 Å². The number of nitrogens with zero attached hydrogens (tertiary/aromatic N) is 4. The summed E-state index contributed by atoms with van der Waals surface area (Å²) in [5, 5.41) is 11.9. The zero-order valence-corrected chi connectivity index (χ0v) is 50.1. The van der Waals surface area contributed by atoms with Gasteiger partial charge in [-0.3, -0.25) is 38.6 Å². The molecule has 16 nitrogen and oxygen atoms in total. The molecule has 4 aliphatic heterocycles. The van der Waals surface area contributed by atoms with E-state index in [0.717, 1.165) is 0 Å². The Balaban J connectivity index is 0.881. The van der Waals surface area contributed by atoms with Crippen molar-refractivity contribution in [1.82, 2.24) is 41.0 Å². The Hall–Kier alpha value is -7.14. The van der Waals surface area contributed by atoms with Crippen molar-refractivity contribution in [3.63, 3.8) is 0 Å². The Morgan fingerprint density at radius 2 is 0.872 bits per heavy atom. The van der Waals surface area contributed by atoms with E-state index < -0.39 is 130 Å². The van der Waals surface area contributed by atoms with Crippen LogP contribution in [0.2, 0.25) is 0 Å². The van der Waals surface area contributed by atoms with Gasteiger partial charge >= 0.3 is 0 Å². The molecule has 4 amide bonds. The minimum absolute atomic E-state index is 0.154. The molecule has 0 bridgehead atoms. The first-order chi connectivity index (χ1) is 40.9. The van der Waals surface area contributed by atoms with Gasteiger partial charge < -0.3 is 41.0 Å². The molecule has 0 aliphatic carbocycles. The lowest BCUT2D eigenvalue weighted by molar-refractivity contribution is -0.130. The molecule has 2 aromatic heterocycles. The summed E-state index contributed by atoms with van der Waals surface area (Å²) in [4.78, 5) is 96.7. The monoisotopic (exact) mass is 1200 g/mol. The molecule has 0 radical (unpaired) electrons. The molecule has 2 saturated heterocycles. The van der Waals surface area contributed by atoms with Crippen molar-refractivity contribution in [3.05, 3.63) is 161 Å². The quantitative estimate of drug-likeness (QED) is 0.0345. The molecular formula is C64H78F6N10O6. The standard InChI is InChI=1S/C64H78F6N10O6/c1-9-45(71-7)59(83)73-53(61(85)79-33-63(3,4)55-47(79)29-39(57(81)75-55)27-35-11-15-41(65)16-12-35)37-19-23-77(24-20-37)31-43-49(67)51(69)44(52(70)50(43)68)32-78-25-21-38(22-26-78)54(74-60(84)46(10-2)72-8)62(86)80-34-64(5,6)56-48(80)30-40(58(82)76-56)28-36-13-17-42(66)18-14-36/h11-18,29-30,37-38,45-46,53-54,71-72H,9-10,19-28,31-34H2,1-8H3,(H,73,83)(H,74,84)(H,75,81)(H,76,82)/t45-,46-,53-,54-/m0/s1. The van der Waals surface area contributed by atoms with Crippen LogP contribution in [0.3, 0.4) is 0 Å². The van der Waals surface area contributed by atoms with Crippen molar-refractivity contribution in [3.8, 4) is 0 Å². The van der Waals surface area contributed by atoms with Gasteiger partial charge in [0.25, 0.3) is 11.1 Å². The van der Waals surface area contributed by atoms with Crippen molar-refractivity contribution in [1.29, 1.82) is 0 Å². The number of pyridine rings is 2. The summed E-state index contributed by atoms with van der Waals surface area (Å²) in [7, 11) is 3.27. The first-order valence-corrected chi connectivity index (χ1v) is 29.7. The van der Waals surface area contributed by atoms with Crippen molar-refractivity contribution in [2.24, 2.45) is 11.8 Å². The number of rotatable bonds is 20. The Labute approximate surface area is 496 Å². The molecule has 9 rings (SSSR count). The predicted molar refractivity (Wildman–Crippen MR) is 316 cm³/mol. The van der Waals surface area contributed by atoms with Gasteiger partial charge in [-0.2, -0.15) is 0 Å². The largest absolute Gasteiger partial charge is 0.343 e. The Morgan fingerprint density at radius 1 is 0.547 bits per heavy atom. The number of benzene rings is 3. The average molecular weight is 1200 g/mol. The Kier molecular flexibility index (Phi) is 19.2. The second-order valence-electron chi connectivity index (χ2n) is 24.9. The molecule has 462 valence electrons. The van der Waals surface area contributed by atoms with E-state index in [0.29, 0.717) is 57.9 Å². The zero-order chi connectivity index (χ0) is 62.1. The van der Waals surface area contributed by atoms with Crippen LogP contribution in [-0.4, -0.2) is 121 Å². The highest BCUT2D eigenvalue weighted by Crippen LogP contribution is 2.42. The van der Waals surface area contributed by atoms with E-state index in [4.69, 9.17) is 0 Å². The minimum Gasteiger partial charge on any atom is -0.343 e. The number of nitrogens with one attached hydrogen (secondary N) is 6. The smallest absolute Gasteiger partial charge is 0.251 e. The fourth-order valence-electron chi connectivity index (χ4n) is 13.0. The summed E-state index contributed by atoms with van der Waals surface area (Å²) in [6.45, 7) is 11.2. The van der Waals surface area contributed by atoms with Crippen LogP contribution in [-0.2, 0) is 55.9 Å². The Morgan fingerprint density at radius 3 is 1.17 bits per heavy atom. The fraction of sp³-hybridized carbons (Fsp3) is 0.500. The number of hydrogen-bond acceptors (Lipinski definition) is 10. The first-order valence-electron chi connectivity index (χ1n) is 29.7. The number of anilines is 2. The number of hydrogen-bond donors (Lipinski definition) is 6. The summed E-state index contributed by atoms with van der Waals surface area (Å²) in [5.74, 6) is -9.56. The fourth-order valence-corrected chi connectivity index (χ4v) is 13.0. The Bertz CT molecular complexity index is 3210. The van der Waals surface area contributed by atoms with Crippen LogP contribution >= 0.6 is 0 Å². The van der Waals surface area contributed by atoms with Crippen LogP contribution in [0.4, 0.5) is 37.7 Å². The molecular weight excluding hydrogens is 1120 g/mol. The maximum atomic E-state index is 16.2. The highest BCUT2D eigenvalue weighted by Gasteiger charge is 2.47. The van der Waals surface area contributed by atoms with Crippen molar-refractivity contribution >= 4 is 35.0 Å². The summed E-state index contributed by atoms with van der Waals surface area (Å²) in [6.07, 6.45) is 2.21. The second-order valence-corrected chi connectivity index (χ2v) is 24.9. The summed E-state index contributed by atoms with van der Waals surface area (Å²) in [6, 6.07) is 11.5. The minimum atomic E-state index is -1.53. The van der Waals surface area contributed by atoms with Gasteiger partial charge in [-0.1, -0.05) is 65.8 Å². The number of likely N-dealkylation sites (tertiary alicyclic amines) is 2. The van der Waals surface area contributed by atoms with Crippen LogP contribution in [0.5, 0.6) is 0 Å². The molecule has 4 atom stereocenters. The number of aromatic nitrogens is 2. The van der Waals surface area contributed by atoms with Gasteiger partial charge in [0.2, 0.25) is 23.6 Å². The van der Waals surface area contributed by atoms with Crippen LogP contribution in [0, 0.1) is 46.7 Å². The van der Waals surface area contributed by atoms with E-state index in [-0.39, 0.29) is 88.9 Å². The number of piperidine rings is 2. The molecule has 0 saturated carbocycles. The zero-order valence-electron chi connectivity index (χ0n) is 50.1. The molecule has 5 aromatic rings.